The number of esters is 1. The Labute approximate surface area is 144 Å². The third kappa shape index (κ3) is 4.01. The molecule has 1 N–H and O–H groups in total. The quantitative estimate of drug-likeness (QED) is 0.730. The summed E-state index contributed by atoms with van der Waals surface area (Å²) in [6, 6.07) is 17.2. The number of carbonyl (C=O) groups excluding carboxylic acids is 2. The molecule has 5 heteroatoms. The lowest BCUT2D eigenvalue weighted by Gasteiger charge is -2.08. The molecular formula is C20H16FNO3. The number of fused-ring (bicyclic) bond motifs is 1. The zero-order valence-corrected chi connectivity index (χ0v) is 13.6. The van der Waals surface area contributed by atoms with Crippen LogP contribution in [0.1, 0.15) is 15.9 Å². The van der Waals surface area contributed by atoms with Crippen molar-refractivity contribution in [3.05, 3.63) is 77.6 Å². The number of hydrogen-bond acceptors (Lipinski definition) is 3. The van der Waals surface area contributed by atoms with Crippen LogP contribution in [0.4, 0.5) is 10.1 Å². The first-order valence-electron chi connectivity index (χ1n) is 7.75. The Bertz CT molecular complexity index is 953. The van der Waals surface area contributed by atoms with Gasteiger partial charge < -0.3 is 10.1 Å². The molecular weight excluding hydrogens is 321 g/mol. The van der Waals surface area contributed by atoms with Crippen LogP contribution in [-0.4, -0.2) is 18.5 Å². The molecule has 0 aromatic heterocycles. The number of carbonyl (C=O) groups is 2. The Morgan fingerprint density at radius 2 is 1.76 bits per heavy atom. The average molecular weight is 337 g/mol. The predicted octanol–water partition coefficient (Wildman–Crippen LogP) is 4.08. The number of aryl methyl sites for hydroxylation is 1. The molecule has 25 heavy (non-hydrogen) atoms. The lowest BCUT2D eigenvalue weighted by Crippen LogP contribution is -2.21. The van der Waals surface area contributed by atoms with Crippen molar-refractivity contribution < 1.29 is 18.7 Å². The van der Waals surface area contributed by atoms with E-state index >= 15 is 0 Å². The first-order valence-corrected chi connectivity index (χ1v) is 7.75. The first-order chi connectivity index (χ1) is 12.0. The van der Waals surface area contributed by atoms with E-state index < -0.39 is 24.3 Å². The molecule has 126 valence electrons. The van der Waals surface area contributed by atoms with Crippen molar-refractivity contribution in [2.24, 2.45) is 0 Å². The van der Waals surface area contributed by atoms with E-state index in [1.54, 1.807) is 31.2 Å². The summed E-state index contributed by atoms with van der Waals surface area (Å²) in [6.07, 6.45) is 0. The van der Waals surface area contributed by atoms with Gasteiger partial charge in [-0.25, -0.2) is 9.18 Å². The van der Waals surface area contributed by atoms with E-state index in [1.807, 2.05) is 30.3 Å². The summed E-state index contributed by atoms with van der Waals surface area (Å²) in [5, 5.41) is 4.42. The van der Waals surface area contributed by atoms with Crippen LogP contribution in [0.2, 0.25) is 0 Å². The minimum absolute atomic E-state index is 0.315. The van der Waals surface area contributed by atoms with Crippen LogP contribution in [0, 0.1) is 12.7 Å². The van der Waals surface area contributed by atoms with Crippen molar-refractivity contribution in [3.8, 4) is 0 Å². The Balaban J connectivity index is 1.60. The van der Waals surface area contributed by atoms with E-state index in [4.69, 9.17) is 4.74 Å². The SMILES string of the molecule is Cc1ccc(NC(=O)COC(=O)c2ccc3ccccc3c2)cc1F. The molecule has 0 aliphatic rings. The molecule has 0 bridgehead atoms. The van der Waals surface area contributed by atoms with E-state index in [-0.39, 0.29) is 0 Å². The summed E-state index contributed by atoms with van der Waals surface area (Å²) in [4.78, 5) is 23.9. The summed E-state index contributed by atoms with van der Waals surface area (Å²) in [7, 11) is 0. The fourth-order valence-corrected chi connectivity index (χ4v) is 2.40. The molecule has 0 aliphatic heterocycles. The molecule has 0 spiro atoms. The van der Waals surface area contributed by atoms with Crippen LogP contribution in [0.15, 0.2) is 60.7 Å². The molecule has 3 aromatic rings. The zero-order valence-electron chi connectivity index (χ0n) is 13.6. The first kappa shape index (κ1) is 16.6. The summed E-state index contributed by atoms with van der Waals surface area (Å²) >= 11 is 0. The Morgan fingerprint density at radius 3 is 2.52 bits per heavy atom. The summed E-state index contributed by atoms with van der Waals surface area (Å²) < 4.78 is 18.5. The number of nitrogens with one attached hydrogen (secondary N) is 1. The van der Waals surface area contributed by atoms with Crippen LogP contribution in [0.25, 0.3) is 10.8 Å². The lowest BCUT2D eigenvalue weighted by atomic mass is 10.1. The smallest absolute Gasteiger partial charge is 0.338 e. The van der Waals surface area contributed by atoms with Gasteiger partial charge in [0.25, 0.3) is 5.91 Å². The van der Waals surface area contributed by atoms with Crippen LogP contribution >= 0.6 is 0 Å². The van der Waals surface area contributed by atoms with Crippen LogP contribution in [0.3, 0.4) is 0 Å². The minimum Gasteiger partial charge on any atom is -0.452 e. The van der Waals surface area contributed by atoms with Crippen molar-refractivity contribution >= 4 is 28.3 Å². The van der Waals surface area contributed by atoms with Gasteiger partial charge in [0, 0.05) is 5.69 Å². The van der Waals surface area contributed by atoms with Gasteiger partial charge in [-0.1, -0.05) is 36.4 Å². The molecule has 4 nitrogen and oxygen atoms in total. The Morgan fingerprint density at radius 1 is 1.00 bits per heavy atom. The second-order valence-corrected chi connectivity index (χ2v) is 5.65. The highest BCUT2D eigenvalue weighted by atomic mass is 19.1. The largest absolute Gasteiger partial charge is 0.452 e. The normalized spacial score (nSPS) is 10.5. The summed E-state index contributed by atoms with van der Waals surface area (Å²) in [6.45, 7) is 1.19. The molecule has 1 amide bonds. The number of benzene rings is 3. The van der Waals surface area contributed by atoms with Gasteiger partial charge in [-0.05, 0) is 47.5 Å². The Hall–Kier alpha value is -3.21. The lowest BCUT2D eigenvalue weighted by molar-refractivity contribution is -0.119. The van der Waals surface area contributed by atoms with Crippen LogP contribution in [0.5, 0.6) is 0 Å². The van der Waals surface area contributed by atoms with Crippen molar-refractivity contribution in [1.29, 1.82) is 0 Å². The Kier molecular flexibility index (Phi) is 4.75. The van der Waals surface area contributed by atoms with Crippen molar-refractivity contribution in [1.82, 2.24) is 0 Å². The highest BCUT2D eigenvalue weighted by molar-refractivity contribution is 5.98. The van der Waals surface area contributed by atoms with E-state index in [0.717, 1.165) is 10.8 Å². The minimum atomic E-state index is -0.587. The van der Waals surface area contributed by atoms with Gasteiger partial charge >= 0.3 is 5.97 Å². The van der Waals surface area contributed by atoms with Gasteiger partial charge in [-0.15, -0.1) is 0 Å². The molecule has 0 heterocycles. The number of ether oxygens (including phenoxy) is 1. The summed E-state index contributed by atoms with van der Waals surface area (Å²) in [5.74, 6) is -1.53. The van der Waals surface area contributed by atoms with Gasteiger partial charge in [0.05, 0.1) is 5.56 Å². The van der Waals surface area contributed by atoms with Crippen molar-refractivity contribution in [2.45, 2.75) is 6.92 Å². The zero-order chi connectivity index (χ0) is 17.8. The van der Waals surface area contributed by atoms with Crippen LogP contribution < -0.4 is 5.32 Å². The molecule has 0 aliphatic carbocycles. The van der Waals surface area contributed by atoms with Gasteiger partial charge in [0.1, 0.15) is 5.82 Å². The van der Waals surface area contributed by atoms with E-state index in [1.165, 1.54) is 6.07 Å². The highest BCUT2D eigenvalue weighted by Crippen LogP contribution is 2.16. The van der Waals surface area contributed by atoms with Crippen molar-refractivity contribution in [3.63, 3.8) is 0 Å². The van der Waals surface area contributed by atoms with E-state index in [2.05, 4.69) is 5.32 Å². The molecule has 3 rings (SSSR count). The topological polar surface area (TPSA) is 55.4 Å². The maximum Gasteiger partial charge on any atom is 0.338 e. The number of anilines is 1. The van der Waals surface area contributed by atoms with Crippen molar-refractivity contribution in [2.75, 3.05) is 11.9 Å². The number of rotatable bonds is 4. The fraction of sp³-hybridized carbons (Fsp3) is 0.100. The second kappa shape index (κ2) is 7.13. The third-order valence-corrected chi connectivity index (χ3v) is 3.78. The highest BCUT2D eigenvalue weighted by Gasteiger charge is 2.11. The fourth-order valence-electron chi connectivity index (χ4n) is 2.40. The molecule has 0 unspecified atom stereocenters. The maximum atomic E-state index is 13.5. The molecule has 0 saturated heterocycles. The number of amides is 1. The molecule has 0 radical (unpaired) electrons. The molecule has 0 fully saturated rings. The molecule has 3 aromatic carbocycles. The van der Waals surface area contributed by atoms with E-state index in [9.17, 15) is 14.0 Å². The van der Waals surface area contributed by atoms with E-state index in [0.29, 0.717) is 16.8 Å². The number of hydrogen-bond donors (Lipinski definition) is 1. The molecule has 0 saturated carbocycles. The standard InChI is InChI=1S/C20H16FNO3/c1-13-6-9-17(11-18(13)21)22-19(23)12-25-20(24)16-8-7-14-4-2-3-5-15(14)10-16/h2-11H,12H2,1H3,(H,22,23). The molecule has 0 atom stereocenters. The third-order valence-electron chi connectivity index (χ3n) is 3.78. The number of halogens is 1. The predicted molar refractivity (Wildman–Crippen MR) is 94.0 cm³/mol. The average Bonchev–Trinajstić information content (AvgIpc) is 2.62. The monoisotopic (exact) mass is 337 g/mol. The maximum absolute atomic E-state index is 13.5. The van der Waals surface area contributed by atoms with Gasteiger partial charge in [-0.3, -0.25) is 4.79 Å². The van der Waals surface area contributed by atoms with Crippen LogP contribution in [-0.2, 0) is 9.53 Å². The van der Waals surface area contributed by atoms with Gasteiger partial charge in [0.2, 0.25) is 0 Å². The summed E-state index contributed by atoms with van der Waals surface area (Å²) in [5.41, 5.74) is 1.17. The second-order valence-electron chi connectivity index (χ2n) is 5.65. The van der Waals surface area contributed by atoms with Gasteiger partial charge in [0.15, 0.2) is 6.61 Å². The van der Waals surface area contributed by atoms with Gasteiger partial charge in [-0.2, -0.15) is 0 Å².